The van der Waals surface area contributed by atoms with Crippen LogP contribution in [0.25, 0.3) is 15.7 Å². The normalized spacial score (nSPS) is 11.1. The Balaban J connectivity index is 1.76. The number of fused-ring (bicyclic) bond motifs is 2. The highest BCUT2D eigenvalue weighted by Gasteiger charge is 2.22. The second-order valence-electron chi connectivity index (χ2n) is 5.78. The first kappa shape index (κ1) is 19.1. The van der Waals surface area contributed by atoms with Crippen molar-refractivity contribution in [2.75, 3.05) is 6.61 Å². The third kappa shape index (κ3) is 3.37. The number of aromatic amines is 1. The number of nitrogens with zero attached hydrogens (tertiary/aromatic N) is 4. The lowest BCUT2D eigenvalue weighted by Gasteiger charge is -2.05. The number of nitrogens with one attached hydrogen (secondary N) is 1. The lowest BCUT2D eigenvalue weighted by molar-refractivity contribution is 0.0531. The van der Waals surface area contributed by atoms with Crippen LogP contribution in [0.1, 0.15) is 27.7 Å². The molecule has 0 aliphatic carbocycles. The Hall–Kier alpha value is -3.23. The number of hydrogen-bond acceptors (Lipinski definition) is 8. The summed E-state index contributed by atoms with van der Waals surface area (Å²) < 4.78 is 21.2. The molecule has 0 atom stereocenters. The fraction of sp³-hybridized carbons (Fsp3) is 0.167. The molecule has 0 saturated carbocycles. The molecule has 4 rings (SSSR count). The summed E-state index contributed by atoms with van der Waals surface area (Å²) in [5, 5.41) is 13.5. The third-order valence-electron chi connectivity index (χ3n) is 4.06. The SMILES string of the molecule is CCOC(=O)c1sc2cccc(F)c2c1CSc1nc2c(C#N)cnn2c(=O)[nH]1. The average molecular weight is 429 g/mol. The van der Waals surface area contributed by atoms with Gasteiger partial charge in [0, 0.05) is 15.8 Å². The van der Waals surface area contributed by atoms with E-state index in [-0.39, 0.29) is 28.7 Å². The van der Waals surface area contributed by atoms with Crippen LogP contribution in [0.3, 0.4) is 0 Å². The average Bonchev–Trinajstić information content (AvgIpc) is 3.29. The number of thioether (sulfide) groups is 1. The van der Waals surface area contributed by atoms with Crippen LogP contribution in [0.15, 0.2) is 34.3 Å². The Labute approximate surface area is 170 Å². The van der Waals surface area contributed by atoms with Crippen molar-refractivity contribution in [3.8, 4) is 6.07 Å². The van der Waals surface area contributed by atoms with Gasteiger partial charge in [-0.15, -0.1) is 11.3 Å². The van der Waals surface area contributed by atoms with Gasteiger partial charge in [-0.2, -0.15) is 14.9 Å². The number of ether oxygens (including phenoxy) is 1. The fourth-order valence-electron chi connectivity index (χ4n) is 2.82. The summed E-state index contributed by atoms with van der Waals surface area (Å²) in [4.78, 5) is 31.7. The van der Waals surface area contributed by atoms with Gasteiger partial charge in [0.05, 0.1) is 12.8 Å². The van der Waals surface area contributed by atoms with E-state index in [2.05, 4.69) is 15.1 Å². The van der Waals surface area contributed by atoms with E-state index in [1.54, 1.807) is 19.1 Å². The molecule has 3 aromatic heterocycles. The first-order chi connectivity index (χ1) is 14.0. The molecule has 0 unspecified atom stereocenters. The predicted octanol–water partition coefficient (Wildman–Crippen LogP) is 3.11. The molecule has 0 radical (unpaired) electrons. The van der Waals surface area contributed by atoms with Gasteiger partial charge in [0.15, 0.2) is 10.8 Å². The van der Waals surface area contributed by atoms with E-state index in [9.17, 15) is 14.0 Å². The van der Waals surface area contributed by atoms with Crippen LogP contribution in [-0.2, 0) is 10.5 Å². The number of nitriles is 1. The van der Waals surface area contributed by atoms with Crippen LogP contribution in [0.5, 0.6) is 0 Å². The number of halogens is 1. The zero-order chi connectivity index (χ0) is 20.5. The minimum absolute atomic E-state index is 0.130. The molecule has 29 heavy (non-hydrogen) atoms. The highest BCUT2D eigenvalue weighted by Crippen LogP contribution is 2.37. The number of hydrogen-bond donors (Lipinski definition) is 1. The Kier molecular flexibility index (Phi) is 5.04. The van der Waals surface area contributed by atoms with Crippen LogP contribution in [-0.4, -0.2) is 32.2 Å². The first-order valence-corrected chi connectivity index (χ1v) is 10.2. The maximum absolute atomic E-state index is 14.5. The van der Waals surface area contributed by atoms with Gasteiger partial charge in [-0.3, -0.25) is 4.98 Å². The summed E-state index contributed by atoms with van der Waals surface area (Å²) in [6.45, 7) is 1.90. The Morgan fingerprint density at radius 1 is 1.48 bits per heavy atom. The number of benzene rings is 1. The minimum atomic E-state index is -0.550. The predicted molar refractivity (Wildman–Crippen MR) is 106 cm³/mol. The first-order valence-electron chi connectivity index (χ1n) is 8.41. The topological polar surface area (TPSA) is 113 Å². The molecule has 1 aromatic carbocycles. The largest absolute Gasteiger partial charge is 0.462 e. The molecular formula is C18H12FN5O3S2. The van der Waals surface area contributed by atoms with E-state index in [0.29, 0.717) is 20.5 Å². The Bertz CT molecular complexity index is 1350. The summed E-state index contributed by atoms with van der Waals surface area (Å²) in [5.74, 6) is -0.794. The van der Waals surface area contributed by atoms with Crippen molar-refractivity contribution in [1.82, 2.24) is 19.6 Å². The van der Waals surface area contributed by atoms with E-state index in [1.807, 2.05) is 6.07 Å². The molecule has 1 N–H and O–H groups in total. The number of esters is 1. The molecular weight excluding hydrogens is 417 g/mol. The molecule has 0 saturated heterocycles. The van der Waals surface area contributed by atoms with Crippen LogP contribution >= 0.6 is 23.1 Å². The van der Waals surface area contributed by atoms with E-state index in [0.717, 1.165) is 27.6 Å². The zero-order valence-electron chi connectivity index (χ0n) is 14.9. The third-order valence-corrected chi connectivity index (χ3v) is 6.13. The zero-order valence-corrected chi connectivity index (χ0v) is 16.6. The van der Waals surface area contributed by atoms with Crippen molar-refractivity contribution >= 4 is 44.8 Å². The van der Waals surface area contributed by atoms with Crippen molar-refractivity contribution < 1.29 is 13.9 Å². The number of carbonyl (C=O) groups excluding carboxylic acids is 1. The molecule has 146 valence electrons. The maximum atomic E-state index is 14.5. The lowest BCUT2D eigenvalue weighted by Crippen LogP contribution is -2.19. The standard InChI is InChI=1S/C18H12FN5O3S2/c1-2-27-16(25)14-10(13-11(19)4-3-5-12(13)29-14)8-28-17-22-15-9(6-20)7-21-24(15)18(26)23-17/h3-5,7H,2,8H2,1H3,(H,22,23,26). The molecule has 3 heterocycles. The highest BCUT2D eigenvalue weighted by molar-refractivity contribution is 7.98. The number of H-pyrrole nitrogens is 1. The molecule has 0 amide bonds. The second kappa shape index (κ2) is 7.65. The second-order valence-corrected chi connectivity index (χ2v) is 7.80. The van der Waals surface area contributed by atoms with Gasteiger partial charge in [-0.1, -0.05) is 17.8 Å². The van der Waals surface area contributed by atoms with Gasteiger partial charge in [0.1, 0.15) is 22.3 Å². The summed E-state index contributed by atoms with van der Waals surface area (Å²) >= 11 is 2.28. The van der Waals surface area contributed by atoms with Crippen molar-refractivity contribution in [3.05, 3.63) is 56.7 Å². The maximum Gasteiger partial charge on any atom is 0.350 e. The fourth-order valence-corrected chi connectivity index (χ4v) is 4.92. The summed E-state index contributed by atoms with van der Waals surface area (Å²) in [7, 11) is 0. The van der Waals surface area contributed by atoms with Crippen LogP contribution < -0.4 is 5.69 Å². The lowest BCUT2D eigenvalue weighted by atomic mass is 10.1. The van der Waals surface area contributed by atoms with Gasteiger partial charge < -0.3 is 4.74 Å². The van der Waals surface area contributed by atoms with Gasteiger partial charge >= 0.3 is 11.7 Å². The molecule has 0 aliphatic rings. The van der Waals surface area contributed by atoms with Crippen LogP contribution in [0.4, 0.5) is 4.39 Å². The number of rotatable bonds is 5. The van der Waals surface area contributed by atoms with E-state index < -0.39 is 17.5 Å². The van der Waals surface area contributed by atoms with Gasteiger partial charge in [-0.05, 0) is 24.6 Å². The summed E-state index contributed by atoms with van der Waals surface area (Å²) in [6.07, 6.45) is 1.26. The smallest absolute Gasteiger partial charge is 0.350 e. The van der Waals surface area contributed by atoms with Gasteiger partial charge in [0.2, 0.25) is 0 Å². The minimum Gasteiger partial charge on any atom is -0.462 e. The molecule has 8 nitrogen and oxygen atoms in total. The number of carbonyl (C=O) groups is 1. The van der Waals surface area contributed by atoms with Crippen molar-refractivity contribution in [2.45, 2.75) is 17.8 Å². The van der Waals surface area contributed by atoms with Gasteiger partial charge in [-0.25, -0.2) is 19.0 Å². The number of aromatic nitrogens is 4. The monoisotopic (exact) mass is 429 g/mol. The van der Waals surface area contributed by atoms with Gasteiger partial charge in [0.25, 0.3) is 0 Å². The van der Waals surface area contributed by atoms with E-state index >= 15 is 0 Å². The Morgan fingerprint density at radius 2 is 2.31 bits per heavy atom. The van der Waals surface area contributed by atoms with Crippen LogP contribution in [0, 0.1) is 17.1 Å². The van der Waals surface area contributed by atoms with Crippen molar-refractivity contribution in [1.29, 1.82) is 5.26 Å². The molecule has 0 bridgehead atoms. The molecule has 0 aliphatic heterocycles. The highest BCUT2D eigenvalue weighted by atomic mass is 32.2. The summed E-state index contributed by atoms with van der Waals surface area (Å²) in [5.41, 5.74) is 0.219. The molecule has 11 heteroatoms. The number of thiophene rings is 1. The van der Waals surface area contributed by atoms with E-state index in [4.69, 9.17) is 10.00 Å². The van der Waals surface area contributed by atoms with Crippen molar-refractivity contribution in [3.63, 3.8) is 0 Å². The molecule has 0 fully saturated rings. The molecule has 0 spiro atoms. The quantitative estimate of drug-likeness (QED) is 0.383. The van der Waals surface area contributed by atoms with E-state index in [1.165, 1.54) is 12.3 Å². The van der Waals surface area contributed by atoms with Crippen LogP contribution in [0.2, 0.25) is 0 Å². The summed E-state index contributed by atoms with van der Waals surface area (Å²) in [6, 6.07) is 6.57. The Morgan fingerprint density at radius 3 is 3.07 bits per heavy atom. The van der Waals surface area contributed by atoms with Crippen molar-refractivity contribution in [2.24, 2.45) is 0 Å². The molecule has 4 aromatic rings.